The van der Waals surface area contributed by atoms with Crippen LogP contribution in [0.4, 0.5) is 0 Å². The molecule has 0 heterocycles. The lowest BCUT2D eigenvalue weighted by Crippen LogP contribution is -2.49. The molecule has 0 saturated carbocycles. The van der Waals surface area contributed by atoms with Crippen LogP contribution >= 0.6 is 12.4 Å². The Kier molecular flexibility index (Phi) is 8.86. The van der Waals surface area contributed by atoms with Crippen molar-refractivity contribution in [1.82, 2.24) is 5.32 Å². The topological polar surface area (TPSA) is 75.3 Å². The summed E-state index contributed by atoms with van der Waals surface area (Å²) in [6, 6.07) is -0.484. The molecule has 0 aliphatic heterocycles. The molecule has 0 aromatic carbocycles. The van der Waals surface area contributed by atoms with Gasteiger partial charge in [0.15, 0.2) is 0 Å². The van der Waals surface area contributed by atoms with Crippen molar-refractivity contribution < 1.29 is 9.90 Å². The first-order chi connectivity index (χ1) is 7.59. The summed E-state index contributed by atoms with van der Waals surface area (Å²) in [5, 5.41) is 12.8. The van der Waals surface area contributed by atoms with Gasteiger partial charge >= 0.3 is 0 Å². The molecule has 4 nitrogen and oxygen atoms in total. The number of halogens is 1. The first-order valence-electron chi connectivity index (χ1n) is 6.31. The van der Waals surface area contributed by atoms with Crippen LogP contribution in [-0.2, 0) is 4.79 Å². The lowest BCUT2D eigenvalue weighted by atomic mass is 9.80. The van der Waals surface area contributed by atoms with Crippen molar-refractivity contribution in [2.24, 2.45) is 23.0 Å². The van der Waals surface area contributed by atoms with Crippen LogP contribution in [0.5, 0.6) is 0 Å². The first kappa shape index (κ1) is 20.0. The van der Waals surface area contributed by atoms with Crippen LogP contribution in [0.2, 0.25) is 0 Å². The molecule has 110 valence electrons. The fourth-order valence-corrected chi connectivity index (χ4v) is 1.74. The van der Waals surface area contributed by atoms with Crippen LogP contribution in [0.3, 0.4) is 0 Å². The molecular weight excluding hydrogens is 252 g/mol. The summed E-state index contributed by atoms with van der Waals surface area (Å²) in [7, 11) is 0. The third-order valence-electron chi connectivity index (χ3n) is 3.17. The van der Waals surface area contributed by atoms with Crippen LogP contribution < -0.4 is 11.1 Å². The highest BCUT2D eigenvalue weighted by molar-refractivity contribution is 5.85. The number of aliphatic hydroxyl groups excluding tert-OH is 1. The van der Waals surface area contributed by atoms with Gasteiger partial charge in [-0.05, 0) is 11.8 Å². The van der Waals surface area contributed by atoms with E-state index in [1.165, 1.54) is 0 Å². The second-order valence-corrected chi connectivity index (χ2v) is 6.17. The Balaban J connectivity index is 0. The lowest BCUT2D eigenvalue weighted by Gasteiger charge is -2.33. The SMILES string of the molecule is CC(C)C(O)C(C)(C)CNC(=O)[C@@H](N)C(C)C.Cl. The number of rotatable bonds is 6. The van der Waals surface area contributed by atoms with E-state index in [4.69, 9.17) is 5.73 Å². The summed E-state index contributed by atoms with van der Waals surface area (Å²) in [4.78, 5) is 11.7. The number of amides is 1. The van der Waals surface area contributed by atoms with Crippen LogP contribution in [0, 0.1) is 17.3 Å². The Morgan fingerprint density at radius 3 is 2.00 bits per heavy atom. The maximum absolute atomic E-state index is 11.7. The summed E-state index contributed by atoms with van der Waals surface area (Å²) in [5.74, 6) is 0.137. The molecule has 0 bridgehead atoms. The van der Waals surface area contributed by atoms with Crippen LogP contribution in [0.1, 0.15) is 41.5 Å². The van der Waals surface area contributed by atoms with Crippen LogP contribution in [-0.4, -0.2) is 29.7 Å². The van der Waals surface area contributed by atoms with E-state index >= 15 is 0 Å². The Morgan fingerprint density at radius 2 is 1.67 bits per heavy atom. The predicted octanol–water partition coefficient (Wildman–Crippen LogP) is 1.55. The van der Waals surface area contributed by atoms with Gasteiger partial charge in [0.25, 0.3) is 0 Å². The molecule has 0 aromatic rings. The number of carbonyl (C=O) groups excluding carboxylic acids is 1. The highest BCUT2D eigenvalue weighted by Crippen LogP contribution is 2.25. The molecule has 0 radical (unpaired) electrons. The van der Waals surface area contributed by atoms with Gasteiger partial charge in [0.05, 0.1) is 12.1 Å². The van der Waals surface area contributed by atoms with Gasteiger partial charge in [0.1, 0.15) is 0 Å². The largest absolute Gasteiger partial charge is 0.392 e. The molecule has 5 heteroatoms. The van der Waals surface area contributed by atoms with Crippen molar-refractivity contribution in [3.8, 4) is 0 Å². The average Bonchev–Trinajstić information content (AvgIpc) is 2.23. The van der Waals surface area contributed by atoms with Gasteiger partial charge in [-0.3, -0.25) is 4.79 Å². The smallest absolute Gasteiger partial charge is 0.237 e. The molecule has 1 unspecified atom stereocenters. The Morgan fingerprint density at radius 1 is 1.22 bits per heavy atom. The molecule has 4 N–H and O–H groups in total. The second-order valence-electron chi connectivity index (χ2n) is 6.17. The molecule has 0 fully saturated rings. The van der Waals surface area contributed by atoms with E-state index in [1.807, 2.05) is 41.5 Å². The molecule has 0 rings (SSSR count). The van der Waals surface area contributed by atoms with E-state index in [-0.39, 0.29) is 35.6 Å². The fourth-order valence-electron chi connectivity index (χ4n) is 1.74. The van der Waals surface area contributed by atoms with Crippen molar-refractivity contribution in [3.05, 3.63) is 0 Å². The summed E-state index contributed by atoms with van der Waals surface area (Å²) >= 11 is 0. The number of hydrogen-bond donors (Lipinski definition) is 3. The summed E-state index contributed by atoms with van der Waals surface area (Å²) in [6.45, 7) is 12.1. The van der Waals surface area contributed by atoms with Gasteiger partial charge in [0.2, 0.25) is 5.91 Å². The minimum absolute atomic E-state index is 0. The highest BCUT2D eigenvalue weighted by atomic mass is 35.5. The van der Waals surface area contributed by atoms with E-state index < -0.39 is 12.1 Å². The molecule has 0 aliphatic rings. The summed E-state index contributed by atoms with van der Waals surface area (Å²) < 4.78 is 0. The monoisotopic (exact) mass is 280 g/mol. The molecule has 18 heavy (non-hydrogen) atoms. The zero-order chi connectivity index (χ0) is 13.8. The predicted molar refractivity (Wildman–Crippen MR) is 77.7 cm³/mol. The molecule has 0 saturated heterocycles. The highest BCUT2D eigenvalue weighted by Gasteiger charge is 2.31. The van der Waals surface area contributed by atoms with Crippen molar-refractivity contribution >= 4 is 18.3 Å². The number of nitrogens with two attached hydrogens (primary N) is 1. The van der Waals surface area contributed by atoms with E-state index in [0.717, 1.165) is 0 Å². The minimum atomic E-state index is -0.484. The van der Waals surface area contributed by atoms with E-state index in [2.05, 4.69) is 5.32 Å². The normalized spacial score (nSPS) is 15.2. The zero-order valence-corrected chi connectivity index (χ0v) is 13.2. The van der Waals surface area contributed by atoms with Gasteiger partial charge in [0, 0.05) is 12.0 Å². The molecule has 0 aliphatic carbocycles. The van der Waals surface area contributed by atoms with Gasteiger partial charge in [-0.25, -0.2) is 0 Å². The molecule has 0 spiro atoms. The quantitative estimate of drug-likeness (QED) is 0.691. The second kappa shape index (κ2) is 7.97. The van der Waals surface area contributed by atoms with Crippen molar-refractivity contribution in [3.63, 3.8) is 0 Å². The Hall–Kier alpha value is -0.320. The number of nitrogens with one attached hydrogen (secondary N) is 1. The Bertz CT molecular complexity index is 255. The molecule has 0 aromatic heterocycles. The van der Waals surface area contributed by atoms with Gasteiger partial charge < -0.3 is 16.2 Å². The lowest BCUT2D eigenvalue weighted by molar-refractivity contribution is -0.124. The average molecular weight is 281 g/mol. The molecular formula is C13H29ClN2O2. The van der Waals surface area contributed by atoms with Gasteiger partial charge in [-0.1, -0.05) is 41.5 Å². The number of aliphatic hydroxyl groups is 1. The Labute approximate surface area is 117 Å². The molecule has 1 amide bonds. The van der Waals surface area contributed by atoms with Crippen molar-refractivity contribution in [2.75, 3.05) is 6.54 Å². The van der Waals surface area contributed by atoms with E-state index in [0.29, 0.717) is 6.54 Å². The fraction of sp³-hybridized carbons (Fsp3) is 0.923. The standard InChI is InChI=1S/C13H28N2O2.ClH/c1-8(2)10(14)12(17)15-7-13(5,6)11(16)9(3)4;/h8-11,16H,7,14H2,1-6H3,(H,15,17);1H/t10-,11?;/m0./s1. The van der Waals surface area contributed by atoms with Crippen LogP contribution in [0.25, 0.3) is 0 Å². The third kappa shape index (κ3) is 6.03. The van der Waals surface area contributed by atoms with Crippen molar-refractivity contribution in [2.45, 2.75) is 53.7 Å². The van der Waals surface area contributed by atoms with Crippen LogP contribution in [0.15, 0.2) is 0 Å². The minimum Gasteiger partial charge on any atom is -0.392 e. The maximum atomic E-state index is 11.7. The molecule has 2 atom stereocenters. The summed E-state index contributed by atoms with van der Waals surface area (Å²) in [5.41, 5.74) is 5.40. The number of hydrogen-bond acceptors (Lipinski definition) is 3. The van der Waals surface area contributed by atoms with Gasteiger partial charge in [-0.2, -0.15) is 0 Å². The zero-order valence-electron chi connectivity index (χ0n) is 12.4. The van der Waals surface area contributed by atoms with E-state index in [9.17, 15) is 9.90 Å². The van der Waals surface area contributed by atoms with Gasteiger partial charge in [-0.15, -0.1) is 12.4 Å². The third-order valence-corrected chi connectivity index (χ3v) is 3.17. The first-order valence-corrected chi connectivity index (χ1v) is 6.31. The summed E-state index contributed by atoms with van der Waals surface area (Å²) in [6.07, 6.45) is -0.446. The van der Waals surface area contributed by atoms with E-state index in [1.54, 1.807) is 0 Å². The van der Waals surface area contributed by atoms with Crippen molar-refractivity contribution in [1.29, 1.82) is 0 Å². The maximum Gasteiger partial charge on any atom is 0.237 e. The number of carbonyl (C=O) groups is 1.